The first-order chi connectivity index (χ1) is 6.43. The first-order valence-corrected chi connectivity index (χ1v) is 6.97. The number of rotatable bonds is 1. The molecule has 0 aliphatic carbocycles. The quantitative estimate of drug-likeness (QED) is 0.691. The maximum Gasteiger partial charge on any atom is 0.234 e. The van der Waals surface area contributed by atoms with Crippen LogP contribution in [0.25, 0.3) is 0 Å². The summed E-state index contributed by atoms with van der Waals surface area (Å²) in [7, 11) is 0. The van der Waals surface area contributed by atoms with Crippen LogP contribution in [0.1, 0.15) is 27.7 Å². The van der Waals surface area contributed by atoms with Gasteiger partial charge < -0.3 is 4.90 Å². The molecule has 14 heavy (non-hydrogen) atoms. The van der Waals surface area contributed by atoms with Gasteiger partial charge in [0.05, 0.1) is 16.5 Å². The lowest BCUT2D eigenvalue weighted by atomic mass is 10.1. The summed E-state index contributed by atoms with van der Waals surface area (Å²) in [5.74, 6) is 1.56. The Bertz CT molecular complexity index is 265. The Morgan fingerprint density at radius 2 is 2.14 bits per heavy atom. The predicted octanol–water partition coefficient (Wildman–Crippen LogP) is 2.40. The van der Waals surface area contributed by atoms with Gasteiger partial charge in [0.25, 0.3) is 0 Å². The molecule has 2 aliphatic heterocycles. The molecule has 0 saturated carbocycles. The van der Waals surface area contributed by atoms with E-state index in [4.69, 9.17) is 0 Å². The molecular weight excluding hydrogens is 214 g/mol. The van der Waals surface area contributed by atoms with E-state index in [0.29, 0.717) is 28.3 Å². The van der Waals surface area contributed by atoms with E-state index in [1.165, 1.54) is 0 Å². The number of hydrogen-bond acceptors (Lipinski definition) is 3. The molecule has 2 aliphatic rings. The van der Waals surface area contributed by atoms with Crippen LogP contribution in [0, 0.1) is 5.92 Å². The van der Waals surface area contributed by atoms with Crippen molar-refractivity contribution in [2.75, 3.05) is 5.75 Å². The second kappa shape index (κ2) is 3.34. The third-order valence-electron chi connectivity index (χ3n) is 2.77. The smallest absolute Gasteiger partial charge is 0.234 e. The highest BCUT2D eigenvalue weighted by atomic mass is 32.2. The molecule has 2 nitrogen and oxygen atoms in total. The van der Waals surface area contributed by atoms with Crippen molar-refractivity contribution in [1.29, 1.82) is 0 Å². The minimum atomic E-state index is 0.214. The molecule has 0 aromatic rings. The third-order valence-corrected chi connectivity index (χ3v) is 6.31. The van der Waals surface area contributed by atoms with Gasteiger partial charge in [-0.15, -0.1) is 23.5 Å². The minimum absolute atomic E-state index is 0.214. The summed E-state index contributed by atoms with van der Waals surface area (Å²) in [5, 5.41) is 0.782. The number of carbonyl (C=O) groups excluding carboxylic acids is 1. The number of nitrogens with zero attached hydrogens (tertiary/aromatic N) is 1. The summed E-state index contributed by atoms with van der Waals surface area (Å²) in [6, 6.07) is 0. The van der Waals surface area contributed by atoms with Crippen molar-refractivity contribution in [3.05, 3.63) is 0 Å². The van der Waals surface area contributed by atoms with E-state index in [1.807, 2.05) is 11.8 Å². The summed E-state index contributed by atoms with van der Waals surface area (Å²) in [6.45, 7) is 8.91. The summed E-state index contributed by atoms with van der Waals surface area (Å²) >= 11 is 3.76. The van der Waals surface area contributed by atoms with E-state index in [9.17, 15) is 4.79 Å². The SMILES string of the molecule is CC(C)[C@H]1SC(C)(C)[C@@H]2SCC(=O)N12. The molecule has 4 heteroatoms. The van der Waals surface area contributed by atoms with Gasteiger partial charge in [-0.05, 0) is 19.8 Å². The van der Waals surface area contributed by atoms with Gasteiger partial charge in [0.15, 0.2) is 0 Å². The van der Waals surface area contributed by atoms with Gasteiger partial charge in [0, 0.05) is 4.75 Å². The Hall–Kier alpha value is 0.170. The van der Waals surface area contributed by atoms with Gasteiger partial charge in [0.2, 0.25) is 5.91 Å². The van der Waals surface area contributed by atoms with Crippen LogP contribution in [0.3, 0.4) is 0 Å². The molecular formula is C10H17NOS2. The van der Waals surface area contributed by atoms with E-state index in [-0.39, 0.29) is 4.75 Å². The Morgan fingerprint density at radius 1 is 1.50 bits per heavy atom. The average molecular weight is 231 g/mol. The summed E-state index contributed by atoms with van der Waals surface area (Å²) < 4.78 is 0.214. The summed E-state index contributed by atoms with van der Waals surface area (Å²) in [5.41, 5.74) is 0. The number of hydrogen-bond donors (Lipinski definition) is 0. The van der Waals surface area contributed by atoms with Crippen LogP contribution in [0.5, 0.6) is 0 Å². The lowest BCUT2D eigenvalue weighted by molar-refractivity contribution is -0.128. The van der Waals surface area contributed by atoms with Gasteiger partial charge in [-0.3, -0.25) is 4.79 Å². The van der Waals surface area contributed by atoms with Crippen LogP contribution in [0.4, 0.5) is 0 Å². The van der Waals surface area contributed by atoms with Gasteiger partial charge in [-0.25, -0.2) is 0 Å². The molecule has 80 valence electrons. The van der Waals surface area contributed by atoms with Gasteiger partial charge in [-0.2, -0.15) is 0 Å². The Balaban J connectivity index is 2.28. The lowest BCUT2D eigenvalue weighted by Gasteiger charge is -2.26. The standard InChI is InChI=1S/C10H17NOS2/c1-6(2)8-11-7(12)5-13-9(11)10(3,4)14-8/h6,8-9H,5H2,1-4H3/t8-,9+/m1/s1. The molecule has 2 heterocycles. The van der Waals surface area contributed by atoms with Gasteiger partial charge >= 0.3 is 0 Å². The number of carbonyl (C=O) groups is 1. The van der Waals surface area contributed by atoms with Crippen LogP contribution < -0.4 is 0 Å². The van der Waals surface area contributed by atoms with E-state index in [2.05, 4.69) is 32.6 Å². The lowest BCUT2D eigenvalue weighted by Crippen LogP contribution is -2.40. The van der Waals surface area contributed by atoms with Crippen molar-refractivity contribution in [2.45, 2.75) is 43.2 Å². The van der Waals surface area contributed by atoms with Crippen LogP contribution in [0.2, 0.25) is 0 Å². The molecule has 0 aromatic heterocycles. The molecule has 2 atom stereocenters. The summed E-state index contributed by atoms with van der Waals surface area (Å²) in [6.07, 6.45) is 0. The molecule has 0 N–H and O–H groups in total. The van der Waals surface area contributed by atoms with Crippen LogP contribution in [-0.4, -0.2) is 32.1 Å². The highest BCUT2D eigenvalue weighted by Gasteiger charge is 2.53. The van der Waals surface area contributed by atoms with Crippen molar-refractivity contribution < 1.29 is 4.79 Å². The zero-order chi connectivity index (χ0) is 10.5. The average Bonchev–Trinajstić information content (AvgIpc) is 2.54. The van der Waals surface area contributed by atoms with Crippen molar-refractivity contribution in [1.82, 2.24) is 4.90 Å². The maximum atomic E-state index is 11.8. The van der Waals surface area contributed by atoms with E-state index in [0.717, 1.165) is 0 Å². The molecule has 2 rings (SSSR count). The largest absolute Gasteiger partial charge is 0.316 e. The van der Waals surface area contributed by atoms with Gasteiger partial charge in [0.1, 0.15) is 0 Å². The molecule has 0 bridgehead atoms. The molecule has 1 amide bonds. The Kier molecular flexibility index (Phi) is 2.55. The highest BCUT2D eigenvalue weighted by molar-refractivity contribution is 8.06. The molecule has 2 fully saturated rings. The Morgan fingerprint density at radius 3 is 2.71 bits per heavy atom. The topological polar surface area (TPSA) is 20.3 Å². The highest BCUT2D eigenvalue weighted by Crippen LogP contribution is 2.53. The second-order valence-electron chi connectivity index (χ2n) is 4.82. The summed E-state index contributed by atoms with van der Waals surface area (Å²) in [4.78, 5) is 13.9. The molecule has 2 saturated heterocycles. The van der Waals surface area contributed by atoms with Crippen molar-refractivity contribution in [3.63, 3.8) is 0 Å². The Labute approximate surface area is 94.2 Å². The molecule has 0 radical (unpaired) electrons. The number of thioether (sulfide) groups is 2. The van der Waals surface area contributed by atoms with Crippen LogP contribution >= 0.6 is 23.5 Å². The second-order valence-corrected chi connectivity index (χ2v) is 7.66. The van der Waals surface area contributed by atoms with E-state index in [1.54, 1.807) is 11.8 Å². The third kappa shape index (κ3) is 1.47. The fourth-order valence-corrected chi connectivity index (χ4v) is 5.32. The van der Waals surface area contributed by atoms with Gasteiger partial charge in [-0.1, -0.05) is 13.8 Å². The minimum Gasteiger partial charge on any atom is -0.316 e. The van der Waals surface area contributed by atoms with Crippen LogP contribution in [-0.2, 0) is 4.79 Å². The first-order valence-electron chi connectivity index (χ1n) is 5.04. The van der Waals surface area contributed by atoms with Crippen molar-refractivity contribution in [2.24, 2.45) is 5.92 Å². The zero-order valence-electron chi connectivity index (χ0n) is 9.11. The monoisotopic (exact) mass is 231 g/mol. The van der Waals surface area contributed by atoms with Crippen molar-refractivity contribution in [3.8, 4) is 0 Å². The van der Waals surface area contributed by atoms with Crippen molar-refractivity contribution >= 4 is 29.4 Å². The fourth-order valence-electron chi connectivity index (χ4n) is 2.13. The predicted molar refractivity (Wildman–Crippen MR) is 63.4 cm³/mol. The fraction of sp³-hybridized carbons (Fsp3) is 0.900. The first kappa shape index (κ1) is 10.7. The molecule has 0 spiro atoms. The zero-order valence-corrected chi connectivity index (χ0v) is 10.7. The van der Waals surface area contributed by atoms with E-state index >= 15 is 0 Å². The normalized spacial score (nSPS) is 35.5. The number of amides is 1. The number of fused-ring (bicyclic) bond motifs is 1. The maximum absolute atomic E-state index is 11.8. The van der Waals surface area contributed by atoms with Crippen LogP contribution in [0.15, 0.2) is 0 Å². The molecule has 0 aromatic carbocycles. The van der Waals surface area contributed by atoms with E-state index < -0.39 is 0 Å². The molecule has 0 unspecified atom stereocenters.